The van der Waals surface area contributed by atoms with Gasteiger partial charge in [-0.2, -0.15) is 0 Å². The lowest BCUT2D eigenvalue weighted by Gasteiger charge is -2.06. The summed E-state index contributed by atoms with van der Waals surface area (Å²) in [5.41, 5.74) is 0. The lowest BCUT2D eigenvalue weighted by atomic mass is 10.1. The van der Waals surface area contributed by atoms with Crippen molar-refractivity contribution in [2.75, 3.05) is 0 Å². The molecule has 0 radical (unpaired) electrons. The monoisotopic (exact) mass is 219 g/mol. The van der Waals surface area contributed by atoms with Crippen LogP contribution < -0.4 is 4.74 Å². The highest BCUT2D eigenvalue weighted by Crippen LogP contribution is 2.39. The maximum Gasteiger partial charge on any atom is 0.292 e. The Labute approximate surface area is 91.1 Å². The van der Waals surface area contributed by atoms with Crippen molar-refractivity contribution in [1.82, 2.24) is 0 Å². The fraction of sp³-hybridized carbons (Fsp3) is 0. The summed E-state index contributed by atoms with van der Waals surface area (Å²) in [6, 6.07) is 8.78. The summed E-state index contributed by atoms with van der Waals surface area (Å²) in [5.74, 6) is 0.0929. The Morgan fingerprint density at radius 2 is 2.07 bits per heavy atom. The molecule has 1 N–H and O–H groups in total. The maximum absolute atomic E-state index is 9.74. The number of benzene rings is 2. The first kappa shape index (κ1) is 9.63. The van der Waals surface area contributed by atoms with Crippen molar-refractivity contribution in [2.45, 2.75) is 0 Å². The molecule has 0 fully saturated rings. The predicted molar refractivity (Wildman–Crippen MR) is 56.9 cm³/mol. The molecule has 0 aliphatic carbocycles. The van der Waals surface area contributed by atoms with Crippen molar-refractivity contribution in [3.63, 3.8) is 0 Å². The van der Waals surface area contributed by atoms with E-state index in [2.05, 4.69) is 4.74 Å². The summed E-state index contributed by atoms with van der Waals surface area (Å²) in [5, 5.41) is 19.6. The second kappa shape index (κ2) is 3.68. The summed E-state index contributed by atoms with van der Waals surface area (Å²) in [6.45, 7) is 0. The van der Waals surface area contributed by atoms with Crippen LogP contribution >= 0.6 is 11.6 Å². The summed E-state index contributed by atoms with van der Waals surface area (Å²) < 4.78 is 4.64. The zero-order valence-corrected chi connectivity index (χ0v) is 8.32. The Morgan fingerprint density at radius 3 is 2.80 bits per heavy atom. The van der Waals surface area contributed by atoms with Gasteiger partial charge < -0.3 is 9.84 Å². The van der Waals surface area contributed by atoms with Crippen molar-refractivity contribution < 1.29 is 9.84 Å². The van der Waals surface area contributed by atoms with E-state index in [4.69, 9.17) is 16.9 Å². The van der Waals surface area contributed by atoms with Gasteiger partial charge in [0, 0.05) is 5.39 Å². The first-order valence-electron chi connectivity index (χ1n) is 4.20. The molecule has 0 aliphatic heterocycles. The molecule has 0 atom stereocenters. The fourth-order valence-corrected chi connectivity index (χ4v) is 1.60. The van der Waals surface area contributed by atoms with Gasteiger partial charge in [-0.05, 0) is 11.5 Å². The van der Waals surface area contributed by atoms with Crippen LogP contribution in [0.2, 0.25) is 5.02 Å². The minimum atomic E-state index is -0.0694. The summed E-state index contributed by atoms with van der Waals surface area (Å²) in [7, 11) is 0. The average molecular weight is 220 g/mol. The molecule has 0 saturated carbocycles. The molecule has 0 spiro atoms. The van der Waals surface area contributed by atoms with E-state index in [0.29, 0.717) is 5.39 Å². The van der Waals surface area contributed by atoms with Crippen LogP contribution in [0.25, 0.3) is 10.8 Å². The highest BCUT2D eigenvalue weighted by atomic mass is 35.5. The van der Waals surface area contributed by atoms with E-state index >= 15 is 0 Å². The van der Waals surface area contributed by atoms with Gasteiger partial charge in [0.2, 0.25) is 0 Å². The van der Waals surface area contributed by atoms with Gasteiger partial charge in [-0.1, -0.05) is 35.9 Å². The molecule has 4 heteroatoms. The third-order valence-corrected chi connectivity index (χ3v) is 2.45. The predicted octanol–water partition coefficient (Wildman–Crippen LogP) is 3.06. The van der Waals surface area contributed by atoms with Crippen molar-refractivity contribution in [1.29, 1.82) is 5.26 Å². The first-order valence-corrected chi connectivity index (χ1v) is 4.58. The van der Waals surface area contributed by atoms with Crippen molar-refractivity contribution in [3.05, 3.63) is 35.4 Å². The van der Waals surface area contributed by atoms with Gasteiger partial charge in [-0.25, -0.2) is 0 Å². The van der Waals surface area contributed by atoms with Gasteiger partial charge in [0.1, 0.15) is 10.8 Å². The van der Waals surface area contributed by atoms with Crippen LogP contribution in [0.1, 0.15) is 0 Å². The van der Waals surface area contributed by atoms with E-state index in [9.17, 15) is 5.11 Å². The topological polar surface area (TPSA) is 53.2 Å². The molecule has 0 bridgehead atoms. The SMILES string of the molecule is N#COc1cc2ccccc2c(O)c1Cl. The van der Waals surface area contributed by atoms with Crippen LogP contribution in [0.15, 0.2) is 30.3 Å². The number of ether oxygens (including phenoxy) is 1. The third-order valence-electron chi connectivity index (χ3n) is 2.08. The van der Waals surface area contributed by atoms with E-state index in [0.717, 1.165) is 5.39 Å². The normalized spacial score (nSPS) is 9.87. The van der Waals surface area contributed by atoms with E-state index in [1.807, 2.05) is 6.07 Å². The van der Waals surface area contributed by atoms with Crippen LogP contribution in [0.3, 0.4) is 0 Å². The maximum atomic E-state index is 9.74. The van der Waals surface area contributed by atoms with Crippen molar-refractivity contribution in [3.8, 4) is 17.8 Å². The lowest BCUT2D eigenvalue weighted by molar-refractivity contribution is 0.469. The molecule has 0 aromatic heterocycles. The van der Waals surface area contributed by atoms with Gasteiger partial charge in [0.25, 0.3) is 6.26 Å². The van der Waals surface area contributed by atoms with Crippen LogP contribution in [0.4, 0.5) is 0 Å². The highest BCUT2D eigenvalue weighted by molar-refractivity contribution is 6.34. The van der Waals surface area contributed by atoms with E-state index < -0.39 is 0 Å². The molecule has 0 saturated heterocycles. The van der Waals surface area contributed by atoms with E-state index in [1.54, 1.807) is 24.3 Å². The summed E-state index contributed by atoms with van der Waals surface area (Å²) in [6.07, 6.45) is 1.52. The molecular weight excluding hydrogens is 214 g/mol. The number of hydrogen-bond donors (Lipinski definition) is 1. The number of hydrogen-bond acceptors (Lipinski definition) is 3. The molecule has 2 rings (SSSR count). The number of rotatable bonds is 1. The molecule has 0 aliphatic rings. The molecular formula is C11H6ClNO2. The molecule has 2 aromatic carbocycles. The number of aromatic hydroxyl groups is 1. The Morgan fingerprint density at radius 1 is 1.33 bits per heavy atom. The molecule has 15 heavy (non-hydrogen) atoms. The van der Waals surface area contributed by atoms with Gasteiger partial charge >= 0.3 is 0 Å². The zero-order chi connectivity index (χ0) is 10.8. The number of nitriles is 1. The molecule has 0 heterocycles. The molecule has 0 amide bonds. The van der Waals surface area contributed by atoms with Crippen LogP contribution in [0, 0.1) is 11.5 Å². The number of halogens is 1. The Bertz CT molecular complexity index is 560. The Kier molecular flexibility index (Phi) is 2.36. The van der Waals surface area contributed by atoms with Crippen molar-refractivity contribution >= 4 is 22.4 Å². The standard InChI is InChI=1S/C11H6ClNO2/c12-10-9(15-6-13)5-7-3-1-2-4-8(7)11(10)14/h1-5,14H. The minimum absolute atomic E-state index is 0.0512. The van der Waals surface area contributed by atoms with Crippen LogP contribution in [-0.2, 0) is 0 Å². The third kappa shape index (κ3) is 1.56. The van der Waals surface area contributed by atoms with Gasteiger partial charge in [-0.15, -0.1) is 5.26 Å². The number of phenols is 1. The number of fused-ring (bicyclic) bond motifs is 1. The fourth-order valence-electron chi connectivity index (χ4n) is 1.40. The summed E-state index contributed by atoms with van der Waals surface area (Å²) in [4.78, 5) is 0. The highest BCUT2D eigenvalue weighted by Gasteiger charge is 2.11. The number of nitrogens with zero attached hydrogens (tertiary/aromatic N) is 1. The molecule has 2 aromatic rings. The zero-order valence-electron chi connectivity index (χ0n) is 7.57. The quantitative estimate of drug-likeness (QED) is 0.750. The Hall–Kier alpha value is -1.92. The smallest absolute Gasteiger partial charge is 0.292 e. The van der Waals surface area contributed by atoms with Gasteiger partial charge in [-0.3, -0.25) is 0 Å². The second-order valence-corrected chi connectivity index (χ2v) is 3.33. The van der Waals surface area contributed by atoms with E-state index in [1.165, 1.54) is 6.26 Å². The first-order chi connectivity index (χ1) is 7.24. The summed E-state index contributed by atoms with van der Waals surface area (Å²) >= 11 is 5.82. The second-order valence-electron chi connectivity index (χ2n) is 2.95. The Balaban J connectivity index is 2.78. The molecule has 3 nitrogen and oxygen atoms in total. The van der Waals surface area contributed by atoms with E-state index in [-0.39, 0.29) is 16.5 Å². The molecule has 74 valence electrons. The van der Waals surface area contributed by atoms with Crippen molar-refractivity contribution in [2.24, 2.45) is 0 Å². The number of phenolic OH excluding ortho intramolecular Hbond substituents is 1. The van der Waals surface area contributed by atoms with Crippen LogP contribution in [0.5, 0.6) is 11.5 Å². The lowest BCUT2D eigenvalue weighted by Crippen LogP contribution is -1.85. The van der Waals surface area contributed by atoms with Gasteiger partial charge in [0.15, 0.2) is 5.75 Å². The van der Waals surface area contributed by atoms with Gasteiger partial charge in [0.05, 0.1) is 0 Å². The minimum Gasteiger partial charge on any atom is -0.506 e. The molecule has 0 unspecified atom stereocenters. The van der Waals surface area contributed by atoms with Crippen LogP contribution in [-0.4, -0.2) is 5.11 Å². The largest absolute Gasteiger partial charge is 0.506 e. The average Bonchev–Trinajstić information content (AvgIpc) is 2.26.